The average Bonchev–Trinajstić information content (AvgIpc) is 2.78. The molecule has 2 aromatic rings. The van der Waals surface area contributed by atoms with Crippen molar-refractivity contribution in [3.63, 3.8) is 0 Å². The summed E-state index contributed by atoms with van der Waals surface area (Å²) in [5.74, 6) is 0. The molecule has 84 valence electrons. The average molecular weight is 217 g/mol. The summed E-state index contributed by atoms with van der Waals surface area (Å²) in [7, 11) is 0. The van der Waals surface area contributed by atoms with E-state index < -0.39 is 6.10 Å². The molecule has 1 aromatic heterocycles. The van der Waals surface area contributed by atoms with Crippen LogP contribution < -0.4 is 0 Å². The second kappa shape index (κ2) is 4.96. The zero-order valence-electron chi connectivity index (χ0n) is 8.93. The lowest BCUT2D eigenvalue weighted by atomic mass is 10.0. The Hall–Kier alpha value is -1.58. The van der Waals surface area contributed by atoms with Gasteiger partial charge in [0.2, 0.25) is 0 Å². The van der Waals surface area contributed by atoms with Crippen LogP contribution in [0.4, 0.5) is 0 Å². The molecular weight excluding hydrogens is 202 g/mol. The quantitative estimate of drug-likeness (QED) is 0.728. The molecule has 3 heteroatoms. The van der Waals surface area contributed by atoms with E-state index in [2.05, 4.69) is 4.98 Å². The van der Waals surface area contributed by atoms with Crippen LogP contribution in [0, 0.1) is 0 Å². The third kappa shape index (κ3) is 2.32. The molecule has 3 N–H and O–H groups in total. The van der Waals surface area contributed by atoms with Crippen molar-refractivity contribution in [2.45, 2.75) is 12.5 Å². The number of hydrogen-bond acceptors (Lipinski definition) is 2. The monoisotopic (exact) mass is 217 g/mol. The highest BCUT2D eigenvalue weighted by Crippen LogP contribution is 2.22. The normalized spacial score (nSPS) is 12.6. The maximum atomic E-state index is 9.44. The van der Waals surface area contributed by atoms with Gasteiger partial charge in [0.15, 0.2) is 0 Å². The number of rotatable bonds is 4. The molecule has 1 unspecified atom stereocenters. The predicted octanol–water partition coefficient (Wildman–Crippen LogP) is 1.58. The molecular formula is C13H15NO2. The maximum Gasteiger partial charge on any atom is 0.0811 e. The van der Waals surface area contributed by atoms with E-state index in [1.165, 1.54) is 0 Å². The highest BCUT2D eigenvalue weighted by Gasteiger charge is 2.10. The van der Waals surface area contributed by atoms with Gasteiger partial charge in [0.25, 0.3) is 0 Å². The minimum Gasteiger partial charge on any atom is -0.394 e. The van der Waals surface area contributed by atoms with Gasteiger partial charge in [-0.3, -0.25) is 0 Å². The van der Waals surface area contributed by atoms with Crippen LogP contribution in [-0.4, -0.2) is 27.9 Å². The Morgan fingerprint density at radius 1 is 1.12 bits per heavy atom. The molecule has 16 heavy (non-hydrogen) atoms. The molecule has 1 heterocycles. The van der Waals surface area contributed by atoms with Crippen LogP contribution in [0.3, 0.4) is 0 Å². The van der Waals surface area contributed by atoms with Crippen molar-refractivity contribution in [3.05, 3.63) is 48.2 Å². The van der Waals surface area contributed by atoms with Gasteiger partial charge >= 0.3 is 0 Å². The Kier molecular flexibility index (Phi) is 3.39. The third-order valence-electron chi connectivity index (χ3n) is 2.56. The van der Waals surface area contributed by atoms with Crippen LogP contribution in [0.2, 0.25) is 0 Å². The van der Waals surface area contributed by atoms with Crippen molar-refractivity contribution in [1.82, 2.24) is 4.98 Å². The summed E-state index contributed by atoms with van der Waals surface area (Å²) >= 11 is 0. The van der Waals surface area contributed by atoms with Crippen LogP contribution in [0.1, 0.15) is 5.56 Å². The first-order valence-corrected chi connectivity index (χ1v) is 5.32. The van der Waals surface area contributed by atoms with Crippen molar-refractivity contribution >= 4 is 0 Å². The lowest BCUT2D eigenvalue weighted by molar-refractivity contribution is 0.0956. The zero-order chi connectivity index (χ0) is 11.4. The summed E-state index contributed by atoms with van der Waals surface area (Å²) in [6.07, 6.45) is 1.62. The Balaban J connectivity index is 2.26. The van der Waals surface area contributed by atoms with Gasteiger partial charge in [0.05, 0.1) is 12.7 Å². The highest BCUT2D eigenvalue weighted by molar-refractivity contribution is 5.63. The zero-order valence-corrected chi connectivity index (χ0v) is 8.93. The van der Waals surface area contributed by atoms with E-state index in [-0.39, 0.29) is 6.61 Å². The number of benzene rings is 1. The number of aliphatic hydroxyl groups is 2. The standard InChI is InChI=1S/C13H15NO2/c15-9-12(16)8-11-6-7-14-13(11)10-4-2-1-3-5-10/h1-7,12,14-16H,8-9H2. The summed E-state index contributed by atoms with van der Waals surface area (Å²) in [6, 6.07) is 11.9. The van der Waals surface area contributed by atoms with E-state index in [0.717, 1.165) is 16.8 Å². The van der Waals surface area contributed by atoms with Gasteiger partial charge < -0.3 is 15.2 Å². The summed E-state index contributed by atoms with van der Waals surface area (Å²) in [5.41, 5.74) is 3.12. The molecule has 2 rings (SSSR count). The molecule has 0 bridgehead atoms. The fourth-order valence-electron chi connectivity index (χ4n) is 1.76. The maximum absolute atomic E-state index is 9.44. The van der Waals surface area contributed by atoms with Crippen molar-refractivity contribution < 1.29 is 10.2 Å². The van der Waals surface area contributed by atoms with E-state index in [9.17, 15) is 5.11 Å². The van der Waals surface area contributed by atoms with Crippen LogP contribution >= 0.6 is 0 Å². The SMILES string of the molecule is OCC(O)Cc1cc[nH]c1-c1ccccc1. The molecule has 3 nitrogen and oxygen atoms in total. The van der Waals surface area contributed by atoms with Crippen molar-refractivity contribution in [1.29, 1.82) is 0 Å². The lowest BCUT2D eigenvalue weighted by Gasteiger charge is -2.08. The minimum absolute atomic E-state index is 0.209. The molecule has 0 radical (unpaired) electrons. The molecule has 0 aliphatic heterocycles. The van der Waals surface area contributed by atoms with Crippen molar-refractivity contribution in [3.8, 4) is 11.3 Å². The smallest absolute Gasteiger partial charge is 0.0811 e. The summed E-state index contributed by atoms with van der Waals surface area (Å²) in [6.45, 7) is -0.209. The first kappa shape index (κ1) is 10.9. The number of nitrogens with one attached hydrogen (secondary N) is 1. The molecule has 0 aliphatic carbocycles. The number of hydrogen-bond donors (Lipinski definition) is 3. The topological polar surface area (TPSA) is 56.2 Å². The van der Waals surface area contributed by atoms with Gasteiger partial charge in [-0.2, -0.15) is 0 Å². The number of aromatic amines is 1. The second-order valence-corrected chi connectivity index (χ2v) is 3.78. The molecule has 1 atom stereocenters. The fraction of sp³-hybridized carbons (Fsp3) is 0.231. The summed E-state index contributed by atoms with van der Waals surface area (Å²) < 4.78 is 0. The predicted molar refractivity (Wildman–Crippen MR) is 63.0 cm³/mol. The molecule has 0 saturated heterocycles. The van der Waals surface area contributed by atoms with Gasteiger partial charge in [-0.1, -0.05) is 30.3 Å². The van der Waals surface area contributed by atoms with Crippen molar-refractivity contribution in [2.24, 2.45) is 0 Å². The van der Waals surface area contributed by atoms with Crippen LogP contribution in [0.25, 0.3) is 11.3 Å². The molecule has 0 saturated carbocycles. The fourth-order valence-corrected chi connectivity index (χ4v) is 1.76. The van der Waals surface area contributed by atoms with Gasteiger partial charge in [0, 0.05) is 18.3 Å². The summed E-state index contributed by atoms with van der Waals surface area (Å²) in [5, 5.41) is 18.3. The Bertz CT molecular complexity index is 436. The van der Waals surface area contributed by atoms with Gasteiger partial charge in [-0.15, -0.1) is 0 Å². The molecule has 0 spiro atoms. The van der Waals surface area contributed by atoms with E-state index in [0.29, 0.717) is 6.42 Å². The van der Waals surface area contributed by atoms with Crippen LogP contribution in [-0.2, 0) is 6.42 Å². The van der Waals surface area contributed by atoms with E-state index in [1.54, 1.807) is 0 Å². The van der Waals surface area contributed by atoms with Crippen molar-refractivity contribution in [2.75, 3.05) is 6.61 Å². The Labute approximate surface area is 94.4 Å². The van der Waals surface area contributed by atoms with Gasteiger partial charge in [0.1, 0.15) is 0 Å². The number of aliphatic hydroxyl groups excluding tert-OH is 2. The van der Waals surface area contributed by atoms with E-state index >= 15 is 0 Å². The first-order valence-electron chi connectivity index (χ1n) is 5.32. The van der Waals surface area contributed by atoms with E-state index in [1.807, 2.05) is 42.6 Å². The highest BCUT2D eigenvalue weighted by atomic mass is 16.3. The number of aromatic nitrogens is 1. The largest absolute Gasteiger partial charge is 0.394 e. The Morgan fingerprint density at radius 2 is 1.88 bits per heavy atom. The minimum atomic E-state index is -0.696. The van der Waals surface area contributed by atoms with Crippen LogP contribution in [0.5, 0.6) is 0 Å². The lowest BCUT2D eigenvalue weighted by Crippen LogP contribution is -2.15. The molecule has 0 aliphatic rings. The van der Waals surface area contributed by atoms with Crippen LogP contribution in [0.15, 0.2) is 42.6 Å². The second-order valence-electron chi connectivity index (χ2n) is 3.78. The van der Waals surface area contributed by atoms with Gasteiger partial charge in [-0.05, 0) is 17.2 Å². The molecule has 1 aromatic carbocycles. The van der Waals surface area contributed by atoms with E-state index in [4.69, 9.17) is 5.11 Å². The number of H-pyrrole nitrogens is 1. The first-order chi connectivity index (χ1) is 7.81. The molecule has 0 fully saturated rings. The molecule has 0 amide bonds. The van der Waals surface area contributed by atoms with Gasteiger partial charge in [-0.25, -0.2) is 0 Å². The Morgan fingerprint density at radius 3 is 2.56 bits per heavy atom. The summed E-state index contributed by atoms with van der Waals surface area (Å²) in [4.78, 5) is 3.16. The third-order valence-corrected chi connectivity index (χ3v) is 2.56.